The molecule has 2 rings (SSSR count). The number of hydrogen-bond acceptors (Lipinski definition) is 8. The second-order valence-electron chi connectivity index (χ2n) is 11.9. The van der Waals surface area contributed by atoms with Gasteiger partial charge in [-0.15, -0.1) is 0 Å². The van der Waals surface area contributed by atoms with E-state index in [0.29, 0.717) is 37.6 Å². The van der Waals surface area contributed by atoms with Gasteiger partial charge in [0.15, 0.2) is 5.82 Å². The predicted octanol–water partition coefficient (Wildman–Crippen LogP) is 6.91. The molecule has 0 fully saturated rings. The molecular weight excluding hydrogens is 518 g/mol. The summed E-state index contributed by atoms with van der Waals surface area (Å²) in [6.07, 6.45) is 26.2. The van der Waals surface area contributed by atoms with Crippen molar-refractivity contribution in [3.05, 3.63) is 10.4 Å². The largest absolute Gasteiger partial charge is 0.465 e. The van der Waals surface area contributed by atoms with Gasteiger partial charge in [0.2, 0.25) is 5.95 Å². The number of fused-ring (bicyclic) bond motifs is 1. The van der Waals surface area contributed by atoms with Gasteiger partial charge in [-0.1, -0.05) is 122 Å². The van der Waals surface area contributed by atoms with E-state index in [0.717, 1.165) is 12.8 Å². The summed E-state index contributed by atoms with van der Waals surface area (Å²) in [6.45, 7) is 3.44. The minimum atomic E-state index is -0.306. The number of nitrogens with two attached hydrogens (primary N) is 1. The number of aliphatic hydroxyl groups is 1. The maximum Gasteiger partial charge on any atom is 0.305 e. The number of H-pyrrole nitrogens is 1. The van der Waals surface area contributed by atoms with Gasteiger partial charge in [-0.2, -0.15) is 4.98 Å². The maximum atomic E-state index is 12.3. The summed E-state index contributed by atoms with van der Waals surface area (Å²) in [4.78, 5) is 32.9. The van der Waals surface area contributed by atoms with Crippen LogP contribution in [0, 0.1) is 5.92 Å². The highest BCUT2D eigenvalue weighted by Gasteiger charge is 2.26. The summed E-state index contributed by atoms with van der Waals surface area (Å²) in [6, 6.07) is 0. The number of hydrogen-bond donors (Lipinski definition) is 4. The number of anilines is 3. The monoisotopic (exact) mass is 577 g/mol. The Bertz CT molecular complexity index is 878. The van der Waals surface area contributed by atoms with E-state index in [4.69, 9.17) is 10.5 Å². The number of carbonyl (C=O) groups is 1. The van der Waals surface area contributed by atoms with Crippen molar-refractivity contribution in [3.63, 3.8) is 0 Å². The van der Waals surface area contributed by atoms with Crippen molar-refractivity contribution in [2.24, 2.45) is 5.92 Å². The van der Waals surface area contributed by atoms with Gasteiger partial charge >= 0.3 is 5.97 Å². The molecule has 5 N–H and O–H groups in total. The molecular formula is C32H59N5O4. The molecule has 236 valence electrons. The van der Waals surface area contributed by atoms with Crippen LogP contribution in [0.15, 0.2) is 4.79 Å². The summed E-state index contributed by atoms with van der Waals surface area (Å²) in [5, 5.41) is 12.5. The molecule has 0 aromatic carbocycles. The molecule has 9 nitrogen and oxygen atoms in total. The van der Waals surface area contributed by atoms with Crippen LogP contribution >= 0.6 is 0 Å². The van der Waals surface area contributed by atoms with Crippen molar-refractivity contribution in [1.82, 2.24) is 9.97 Å². The molecule has 9 heteroatoms. The Hall–Kier alpha value is -2.29. The Kier molecular flexibility index (Phi) is 19.0. The number of ether oxygens (including phenoxy) is 1. The fraction of sp³-hybridized carbons (Fsp3) is 0.844. The molecule has 0 saturated heterocycles. The number of nitrogen functional groups attached to an aromatic ring is 1. The van der Waals surface area contributed by atoms with Crippen LogP contribution in [0.3, 0.4) is 0 Å². The van der Waals surface area contributed by atoms with E-state index in [1.807, 2.05) is 4.90 Å². The number of unbranched alkanes of at least 4 members (excludes halogenated alkanes) is 18. The van der Waals surface area contributed by atoms with Crippen LogP contribution in [0.5, 0.6) is 0 Å². The molecule has 0 spiro atoms. The number of nitrogens with one attached hydrogen (secondary N) is 2. The minimum Gasteiger partial charge on any atom is -0.465 e. The van der Waals surface area contributed by atoms with Crippen molar-refractivity contribution in [2.45, 2.75) is 142 Å². The Morgan fingerprint density at radius 1 is 0.902 bits per heavy atom. The van der Waals surface area contributed by atoms with Crippen LogP contribution in [0.2, 0.25) is 0 Å². The van der Waals surface area contributed by atoms with E-state index in [1.165, 1.54) is 109 Å². The molecule has 0 aliphatic carbocycles. The molecule has 0 saturated carbocycles. The van der Waals surface area contributed by atoms with Gasteiger partial charge in [-0.3, -0.25) is 14.6 Å². The molecule has 2 heterocycles. The Morgan fingerprint density at radius 2 is 1.41 bits per heavy atom. The zero-order valence-corrected chi connectivity index (χ0v) is 25.9. The van der Waals surface area contributed by atoms with Crippen LogP contribution in [0.25, 0.3) is 0 Å². The average molecular weight is 578 g/mol. The summed E-state index contributed by atoms with van der Waals surface area (Å²) in [7, 11) is 0. The third-order valence-electron chi connectivity index (χ3n) is 8.15. The van der Waals surface area contributed by atoms with Crippen molar-refractivity contribution in [2.75, 3.05) is 42.4 Å². The van der Waals surface area contributed by atoms with Gasteiger partial charge in [0.25, 0.3) is 5.56 Å². The van der Waals surface area contributed by atoms with Gasteiger partial charge in [0.1, 0.15) is 5.69 Å². The first-order valence-electron chi connectivity index (χ1n) is 16.7. The van der Waals surface area contributed by atoms with Gasteiger partial charge in [-0.25, -0.2) is 0 Å². The smallest absolute Gasteiger partial charge is 0.305 e. The number of rotatable bonds is 26. The number of nitrogens with zero attached hydrogens (tertiary/aromatic N) is 2. The average Bonchev–Trinajstić information content (AvgIpc) is 3.35. The molecule has 1 aliphatic rings. The molecule has 0 radical (unpaired) electrons. The first-order valence-corrected chi connectivity index (χ1v) is 16.7. The molecule has 1 unspecified atom stereocenters. The van der Waals surface area contributed by atoms with Crippen molar-refractivity contribution < 1.29 is 14.6 Å². The first-order chi connectivity index (χ1) is 20.0. The van der Waals surface area contributed by atoms with Gasteiger partial charge in [0.05, 0.1) is 13.3 Å². The van der Waals surface area contributed by atoms with E-state index in [2.05, 4.69) is 22.2 Å². The number of aliphatic hydroxyl groups excluding tert-OH is 1. The summed E-state index contributed by atoms with van der Waals surface area (Å²) in [5.74, 6) is 0.310. The fourth-order valence-corrected chi connectivity index (χ4v) is 5.62. The first kappa shape index (κ1) is 34.9. The SMILES string of the molecule is CCCCCCCCCCCCCCCCCCCCCC(=O)OCC(CCO)CN1CNc2c1nc(N)[nH]c2=O. The Morgan fingerprint density at radius 3 is 1.93 bits per heavy atom. The second kappa shape index (κ2) is 22.3. The van der Waals surface area contributed by atoms with E-state index < -0.39 is 0 Å². The molecule has 41 heavy (non-hydrogen) atoms. The normalized spacial score (nSPS) is 13.3. The summed E-state index contributed by atoms with van der Waals surface area (Å²) >= 11 is 0. The van der Waals surface area contributed by atoms with Crippen LogP contribution in [0.4, 0.5) is 17.5 Å². The lowest BCUT2D eigenvalue weighted by molar-refractivity contribution is -0.145. The third kappa shape index (κ3) is 15.5. The topological polar surface area (TPSA) is 134 Å². The lowest BCUT2D eigenvalue weighted by atomic mass is 10.0. The highest BCUT2D eigenvalue weighted by molar-refractivity contribution is 5.71. The second-order valence-corrected chi connectivity index (χ2v) is 11.9. The molecule has 0 bridgehead atoms. The number of carbonyl (C=O) groups excluding carboxylic acids is 1. The standard InChI is InChI=1S/C32H59N5O4/c1-2-3-4-5-6-7-8-9-10-11-12-13-14-15-16-17-18-19-20-21-28(39)41-25-27(22-23-38)24-37-26-34-29-30(37)35-32(33)36-31(29)40/h27,34,38H,2-26H2,1H3,(H3,33,35,36,40). The fourth-order valence-electron chi connectivity index (χ4n) is 5.62. The van der Waals surface area contributed by atoms with Crippen LogP contribution in [-0.4, -0.2) is 47.5 Å². The predicted molar refractivity (Wildman–Crippen MR) is 169 cm³/mol. The van der Waals surface area contributed by atoms with E-state index in [-0.39, 0.29) is 36.6 Å². The lowest BCUT2D eigenvalue weighted by Gasteiger charge is -2.23. The Balaban J connectivity index is 1.41. The molecule has 1 atom stereocenters. The number of aromatic amines is 1. The minimum absolute atomic E-state index is 0.000587. The lowest BCUT2D eigenvalue weighted by Crippen LogP contribution is -2.33. The molecule has 1 aromatic rings. The molecule has 1 aromatic heterocycles. The van der Waals surface area contributed by atoms with Crippen molar-refractivity contribution in [1.29, 1.82) is 0 Å². The summed E-state index contributed by atoms with van der Waals surface area (Å²) in [5.41, 5.74) is 5.78. The highest BCUT2D eigenvalue weighted by atomic mass is 16.5. The van der Waals surface area contributed by atoms with Crippen molar-refractivity contribution in [3.8, 4) is 0 Å². The van der Waals surface area contributed by atoms with E-state index in [9.17, 15) is 14.7 Å². The van der Waals surface area contributed by atoms with Crippen molar-refractivity contribution >= 4 is 23.4 Å². The van der Waals surface area contributed by atoms with Gasteiger partial charge < -0.3 is 25.8 Å². The molecule has 0 amide bonds. The van der Waals surface area contributed by atoms with Crippen LogP contribution < -0.4 is 21.5 Å². The third-order valence-corrected chi connectivity index (χ3v) is 8.15. The number of aromatic nitrogens is 2. The van der Waals surface area contributed by atoms with Crippen LogP contribution in [0.1, 0.15) is 142 Å². The number of esters is 1. The quantitative estimate of drug-likeness (QED) is 0.0690. The van der Waals surface area contributed by atoms with Gasteiger partial charge in [-0.05, 0) is 12.8 Å². The highest BCUT2D eigenvalue weighted by Crippen LogP contribution is 2.27. The van der Waals surface area contributed by atoms with Crippen LogP contribution in [-0.2, 0) is 9.53 Å². The zero-order chi connectivity index (χ0) is 29.5. The zero-order valence-electron chi connectivity index (χ0n) is 25.9. The van der Waals surface area contributed by atoms with E-state index in [1.54, 1.807) is 0 Å². The Labute approximate surface area is 248 Å². The summed E-state index contributed by atoms with van der Waals surface area (Å²) < 4.78 is 5.53. The molecule has 1 aliphatic heterocycles. The van der Waals surface area contributed by atoms with E-state index >= 15 is 0 Å². The van der Waals surface area contributed by atoms with Gasteiger partial charge in [0, 0.05) is 25.5 Å². The maximum absolute atomic E-state index is 12.3.